The predicted octanol–water partition coefficient (Wildman–Crippen LogP) is 9.00. The third kappa shape index (κ3) is 8.11. The zero-order valence-corrected chi connectivity index (χ0v) is 33.3. The molecule has 0 bridgehead atoms. The first-order chi connectivity index (χ1) is 25.6. The molecule has 0 N–H and O–H groups in total. The van der Waals surface area contributed by atoms with Crippen molar-refractivity contribution in [1.82, 2.24) is 18.7 Å². The van der Waals surface area contributed by atoms with Crippen LogP contribution in [-0.2, 0) is 27.5 Å². The molecule has 0 saturated heterocycles. The fraction of sp³-hybridized carbons (Fsp3) is 0.293. The first-order valence-electron chi connectivity index (χ1n) is 17.4. The van der Waals surface area contributed by atoms with Gasteiger partial charge in [-0.3, -0.25) is 23.3 Å². The molecule has 6 aromatic rings. The average Bonchev–Trinajstić information content (AvgIpc) is 3.79. The van der Waals surface area contributed by atoms with E-state index in [1.54, 1.807) is 90.9 Å². The quantitative estimate of drug-likeness (QED) is 0.0979. The number of ketones is 2. The van der Waals surface area contributed by atoms with Gasteiger partial charge in [-0.15, -0.1) is 0 Å². The normalized spacial score (nSPS) is 11.9. The molecule has 12 nitrogen and oxygen atoms in total. The first-order valence-corrected chi connectivity index (χ1v) is 18.5. The Bertz CT molecular complexity index is 2390. The molecule has 3 aromatic heterocycles. The lowest BCUT2D eigenvalue weighted by Gasteiger charge is -2.19. The van der Waals surface area contributed by atoms with Crippen molar-refractivity contribution in [2.75, 3.05) is 6.61 Å². The summed E-state index contributed by atoms with van der Waals surface area (Å²) in [6, 6.07) is 21.8. The van der Waals surface area contributed by atoms with E-state index in [0.717, 1.165) is 5.56 Å². The maximum absolute atomic E-state index is 14.6. The lowest BCUT2D eigenvalue weighted by atomic mass is 10.1. The summed E-state index contributed by atoms with van der Waals surface area (Å²) in [7, 11) is 0. The van der Waals surface area contributed by atoms with Gasteiger partial charge in [0.25, 0.3) is 0 Å². The Morgan fingerprint density at radius 3 is 1.93 bits per heavy atom. The van der Waals surface area contributed by atoms with Crippen LogP contribution in [0, 0.1) is 3.70 Å². The molecular formula is C41H41IN4O8. The minimum absolute atomic E-state index is 0.0697. The highest BCUT2D eigenvalue weighted by Gasteiger charge is 2.32. The van der Waals surface area contributed by atoms with Gasteiger partial charge in [-0.1, -0.05) is 48.5 Å². The van der Waals surface area contributed by atoms with Gasteiger partial charge in [0.15, 0.2) is 5.82 Å². The molecule has 3 heterocycles. The molecule has 0 aliphatic heterocycles. The summed E-state index contributed by atoms with van der Waals surface area (Å²) in [5.41, 5.74) is 0.738. The number of aromatic nitrogens is 4. The van der Waals surface area contributed by atoms with E-state index < -0.39 is 35.0 Å². The molecule has 0 radical (unpaired) electrons. The fourth-order valence-electron chi connectivity index (χ4n) is 5.87. The Labute approximate surface area is 326 Å². The average molecular weight is 845 g/mol. The molecule has 3 aromatic carbocycles. The minimum atomic E-state index is -0.814. The molecule has 6 rings (SSSR count). The maximum atomic E-state index is 14.6. The van der Waals surface area contributed by atoms with Crippen LogP contribution in [-0.4, -0.2) is 60.2 Å². The number of carbonyl (C=O) groups excluding carboxylic acids is 4. The van der Waals surface area contributed by atoms with Gasteiger partial charge >= 0.3 is 12.2 Å². The van der Waals surface area contributed by atoms with Crippen LogP contribution >= 0.6 is 22.6 Å². The second kappa shape index (κ2) is 15.2. The Balaban J connectivity index is 1.44. The number of hydrogen-bond acceptors (Lipinski definition) is 9. The van der Waals surface area contributed by atoms with Gasteiger partial charge in [-0.25, -0.2) is 14.6 Å². The summed E-state index contributed by atoms with van der Waals surface area (Å²) in [5, 5.41) is 0.971. The van der Waals surface area contributed by atoms with Gasteiger partial charge in [0, 0.05) is 35.8 Å². The number of benzene rings is 3. The Hall–Kier alpha value is -5.28. The molecule has 13 heteroatoms. The van der Waals surface area contributed by atoms with Crippen molar-refractivity contribution in [2.45, 2.75) is 73.0 Å². The van der Waals surface area contributed by atoms with E-state index in [2.05, 4.69) is 4.98 Å². The van der Waals surface area contributed by atoms with Crippen molar-refractivity contribution >= 4 is 68.1 Å². The van der Waals surface area contributed by atoms with E-state index in [1.807, 2.05) is 52.9 Å². The Morgan fingerprint density at radius 2 is 1.30 bits per heavy atom. The van der Waals surface area contributed by atoms with E-state index in [-0.39, 0.29) is 39.7 Å². The molecule has 0 saturated carbocycles. The summed E-state index contributed by atoms with van der Waals surface area (Å²) < 4.78 is 27.4. The van der Waals surface area contributed by atoms with E-state index >= 15 is 0 Å². The van der Waals surface area contributed by atoms with Crippen LogP contribution in [0.15, 0.2) is 85.2 Å². The van der Waals surface area contributed by atoms with Crippen LogP contribution in [0.25, 0.3) is 21.8 Å². The Kier molecular flexibility index (Phi) is 10.8. The fourth-order valence-corrected chi connectivity index (χ4v) is 6.64. The molecule has 0 aliphatic rings. The highest BCUT2D eigenvalue weighted by Crippen LogP contribution is 2.32. The van der Waals surface area contributed by atoms with E-state index in [9.17, 15) is 19.2 Å². The topological polar surface area (TPSA) is 133 Å². The molecule has 280 valence electrons. The molecule has 0 aliphatic carbocycles. The number of imidazole rings is 1. The maximum Gasteiger partial charge on any atom is 0.419 e. The van der Waals surface area contributed by atoms with E-state index in [4.69, 9.17) is 18.9 Å². The summed E-state index contributed by atoms with van der Waals surface area (Å²) >= 11 is 1.93. The van der Waals surface area contributed by atoms with Crippen molar-refractivity contribution in [3.63, 3.8) is 0 Å². The van der Waals surface area contributed by atoms with Crippen molar-refractivity contribution < 1.29 is 38.1 Å². The van der Waals surface area contributed by atoms with Crippen LogP contribution < -0.4 is 4.74 Å². The molecule has 0 atom stereocenters. The number of fused-ring (bicyclic) bond motifs is 2. The van der Waals surface area contributed by atoms with Crippen LogP contribution in [0.3, 0.4) is 0 Å². The monoisotopic (exact) mass is 844 g/mol. The first kappa shape index (κ1) is 38.4. The SMILES string of the molecule is CCOCn1c(C(=O)c2cn(C(=O)OC(C)(C)C)c3cc(OCc4ccccc4)ccc23)nc(I)c1C(=O)c1cn(C(=O)OC(C)(C)C)c2ccccc12. The third-order valence-electron chi connectivity index (χ3n) is 8.17. The van der Waals surface area contributed by atoms with E-state index in [0.29, 0.717) is 34.2 Å². The second-order valence-electron chi connectivity index (χ2n) is 14.5. The van der Waals surface area contributed by atoms with Crippen molar-refractivity contribution in [1.29, 1.82) is 0 Å². The second-order valence-corrected chi connectivity index (χ2v) is 15.6. The number of para-hydroxylation sites is 1. The largest absolute Gasteiger partial charge is 0.489 e. The van der Waals surface area contributed by atoms with E-state index in [1.165, 1.54) is 26.1 Å². The van der Waals surface area contributed by atoms with Crippen LogP contribution in [0.1, 0.15) is 86.3 Å². The standard InChI is InChI=1S/C41H41IN4O8/c1-8-51-24-46-33(34(47)29-21-44(38(49)53-40(2,3)4)31-17-13-12-16-27(29)31)36(42)43-37(46)35(48)30-22-45(39(50)54-41(5,6)7)32-20-26(18-19-28(30)32)52-23-25-14-10-9-11-15-25/h9-22H,8,23-24H2,1-7H3. The number of halogens is 1. The lowest BCUT2D eigenvalue weighted by molar-refractivity contribution is 0.0532. The summed E-state index contributed by atoms with van der Waals surface area (Å²) in [6.07, 6.45) is 1.55. The molecule has 0 fully saturated rings. The van der Waals surface area contributed by atoms with Gasteiger partial charge in [0.05, 0.1) is 22.2 Å². The molecule has 0 unspecified atom stereocenters. The van der Waals surface area contributed by atoms with Crippen LogP contribution in [0.4, 0.5) is 9.59 Å². The number of nitrogens with zero attached hydrogens (tertiary/aromatic N) is 4. The third-order valence-corrected chi connectivity index (χ3v) is 8.93. The van der Waals surface area contributed by atoms with Crippen molar-refractivity contribution in [2.24, 2.45) is 0 Å². The lowest BCUT2D eigenvalue weighted by Crippen LogP contribution is -2.26. The number of carbonyl (C=O) groups is 4. The Morgan fingerprint density at radius 1 is 0.722 bits per heavy atom. The zero-order valence-electron chi connectivity index (χ0n) is 31.1. The van der Waals surface area contributed by atoms with Crippen LogP contribution in [0.2, 0.25) is 0 Å². The van der Waals surface area contributed by atoms with Gasteiger partial charge in [-0.2, -0.15) is 0 Å². The van der Waals surface area contributed by atoms with Crippen molar-refractivity contribution in [3.8, 4) is 5.75 Å². The molecule has 0 amide bonds. The van der Waals surface area contributed by atoms with Gasteiger partial charge in [0.1, 0.15) is 39.7 Å². The molecular weight excluding hydrogens is 803 g/mol. The number of rotatable bonds is 10. The van der Waals surface area contributed by atoms with Crippen molar-refractivity contribution in [3.05, 3.63) is 117 Å². The summed E-state index contributed by atoms with van der Waals surface area (Å²) in [4.78, 5) is 60.5. The smallest absolute Gasteiger partial charge is 0.419 e. The van der Waals surface area contributed by atoms with Gasteiger partial charge < -0.3 is 18.9 Å². The van der Waals surface area contributed by atoms with Crippen LogP contribution in [0.5, 0.6) is 5.75 Å². The highest BCUT2D eigenvalue weighted by atomic mass is 127. The predicted molar refractivity (Wildman–Crippen MR) is 211 cm³/mol. The number of ether oxygens (including phenoxy) is 4. The highest BCUT2D eigenvalue weighted by molar-refractivity contribution is 14.1. The molecule has 54 heavy (non-hydrogen) atoms. The molecule has 0 spiro atoms. The summed E-state index contributed by atoms with van der Waals surface area (Å²) in [6.45, 7) is 12.8. The van der Waals surface area contributed by atoms with Gasteiger partial charge in [0.2, 0.25) is 11.6 Å². The van der Waals surface area contributed by atoms with Gasteiger partial charge in [-0.05, 0) is 94.8 Å². The zero-order chi connectivity index (χ0) is 38.9. The summed E-state index contributed by atoms with van der Waals surface area (Å²) in [5.74, 6) is -0.604. The number of hydrogen-bond donors (Lipinski definition) is 0. The minimum Gasteiger partial charge on any atom is -0.489 e.